The minimum atomic E-state index is -3.55. The van der Waals surface area contributed by atoms with Crippen LogP contribution in [0.5, 0.6) is 5.75 Å². The van der Waals surface area contributed by atoms with Crippen LogP contribution in [0.25, 0.3) is 0 Å². The average molecular weight is 619 g/mol. The van der Waals surface area contributed by atoms with Gasteiger partial charge in [-0.3, -0.25) is 19.2 Å². The smallest absolute Gasteiger partial charge is 0.254 e. The maximum atomic E-state index is 14.0. The molecule has 2 N–H and O–H groups in total. The predicted molar refractivity (Wildman–Crippen MR) is 163 cm³/mol. The summed E-state index contributed by atoms with van der Waals surface area (Å²) in [6.07, 6.45) is 1.52. The molecule has 2 heterocycles. The Morgan fingerprint density at radius 3 is 2.30 bits per heavy atom. The largest absolute Gasteiger partial charge is 0.508 e. The molecule has 2 aliphatic rings. The Morgan fingerprint density at radius 1 is 0.977 bits per heavy atom. The number of aromatic hydroxyl groups is 1. The van der Waals surface area contributed by atoms with E-state index in [-0.39, 0.29) is 41.5 Å². The maximum absolute atomic E-state index is 14.0. The Kier molecular flexibility index (Phi) is 8.46. The Hall–Kier alpha value is -4.71. The summed E-state index contributed by atoms with van der Waals surface area (Å²) in [5.41, 5.74) is 2.11. The van der Waals surface area contributed by atoms with E-state index in [4.69, 9.17) is 0 Å². The predicted octanol–water partition coefficient (Wildman–Crippen LogP) is 1.90. The molecule has 0 aromatic heterocycles. The van der Waals surface area contributed by atoms with Gasteiger partial charge in [-0.2, -0.15) is 0 Å². The minimum absolute atomic E-state index is 0.00202. The van der Waals surface area contributed by atoms with E-state index < -0.39 is 45.7 Å². The van der Waals surface area contributed by atoms with E-state index in [0.717, 1.165) is 11.9 Å². The summed E-state index contributed by atoms with van der Waals surface area (Å²) in [4.78, 5) is 58.8. The van der Waals surface area contributed by atoms with Gasteiger partial charge in [-0.1, -0.05) is 18.2 Å². The van der Waals surface area contributed by atoms with E-state index in [1.54, 1.807) is 36.4 Å². The number of anilines is 1. The minimum Gasteiger partial charge on any atom is -0.508 e. The quantitative estimate of drug-likeness (QED) is 0.390. The lowest BCUT2D eigenvalue weighted by Gasteiger charge is -2.28. The van der Waals surface area contributed by atoms with Crippen LogP contribution in [0.15, 0.2) is 77.7 Å². The molecule has 44 heavy (non-hydrogen) atoms. The third-order valence-corrected chi connectivity index (χ3v) is 9.21. The fourth-order valence-corrected chi connectivity index (χ4v) is 6.45. The zero-order valence-electron chi connectivity index (χ0n) is 24.6. The Labute approximate surface area is 256 Å². The average Bonchev–Trinajstić information content (AvgIpc) is 3.58. The molecule has 12 heteroatoms. The number of ketones is 1. The number of phenols is 1. The first-order chi connectivity index (χ1) is 20.8. The van der Waals surface area contributed by atoms with Crippen molar-refractivity contribution in [1.82, 2.24) is 15.1 Å². The zero-order chi connectivity index (χ0) is 31.8. The van der Waals surface area contributed by atoms with Gasteiger partial charge >= 0.3 is 0 Å². The first kappa shape index (κ1) is 30.7. The molecule has 2 fully saturated rings. The molecular formula is C32H34N4O7S. The zero-order valence-corrected chi connectivity index (χ0v) is 25.5. The van der Waals surface area contributed by atoms with Crippen molar-refractivity contribution in [2.24, 2.45) is 0 Å². The number of benzene rings is 3. The molecule has 3 aromatic carbocycles. The maximum Gasteiger partial charge on any atom is 0.254 e. The number of hydrogen-bond donors (Lipinski definition) is 2. The number of rotatable bonds is 8. The molecule has 3 aromatic rings. The molecule has 0 aliphatic carbocycles. The van der Waals surface area contributed by atoms with Crippen molar-refractivity contribution < 1.29 is 32.7 Å². The van der Waals surface area contributed by atoms with Gasteiger partial charge in [0.05, 0.1) is 17.5 Å². The second kappa shape index (κ2) is 12.1. The molecule has 0 spiro atoms. The van der Waals surface area contributed by atoms with E-state index in [2.05, 4.69) is 5.32 Å². The first-order valence-electron chi connectivity index (χ1n) is 14.1. The second-order valence-electron chi connectivity index (χ2n) is 11.4. The van der Waals surface area contributed by atoms with Crippen LogP contribution in [0.1, 0.15) is 32.7 Å². The van der Waals surface area contributed by atoms with E-state index in [1.807, 2.05) is 19.0 Å². The van der Waals surface area contributed by atoms with Crippen LogP contribution in [-0.2, 0) is 25.8 Å². The molecule has 11 nitrogen and oxygen atoms in total. The van der Waals surface area contributed by atoms with Crippen LogP contribution < -0.4 is 10.2 Å². The SMILES string of the molecule is CN(C)c1ccc(C(=O)N[C@@H](Cc2ccc(O)cc2)C(=O)N2CCC3C2C(=O)CN3C(=O)c2cccc(S(C)(=O)=O)c2)cc1. The van der Waals surface area contributed by atoms with Crippen molar-refractivity contribution in [3.63, 3.8) is 0 Å². The number of phenolic OH excluding ortho intramolecular Hbond substituents is 1. The number of Topliss-reactive ketones (excluding diaryl/α,β-unsaturated/α-hetero) is 1. The molecular weight excluding hydrogens is 584 g/mol. The van der Waals surface area contributed by atoms with Gasteiger partial charge in [0.25, 0.3) is 11.8 Å². The van der Waals surface area contributed by atoms with Crippen molar-refractivity contribution in [1.29, 1.82) is 0 Å². The highest BCUT2D eigenvalue weighted by Crippen LogP contribution is 2.32. The fraction of sp³-hybridized carbons (Fsp3) is 0.312. The number of carbonyl (C=O) groups is 4. The molecule has 3 atom stereocenters. The normalized spacial score (nSPS) is 18.6. The number of fused-ring (bicyclic) bond motifs is 1. The molecule has 230 valence electrons. The van der Waals surface area contributed by atoms with Crippen molar-refractivity contribution >= 4 is 39.0 Å². The summed E-state index contributed by atoms with van der Waals surface area (Å²) in [6.45, 7) is -0.0131. The standard InChI is InChI=1S/C32H34N4O7S/c1-34(2)23-11-9-21(10-12-23)30(39)33-26(17-20-7-13-24(37)14-8-20)32(41)35-16-15-27-29(35)28(38)19-36(27)31(40)22-5-4-6-25(18-22)44(3,42)43/h4-14,18,26-27,29,37H,15-17,19H2,1-3H3,(H,33,39)/t26-,27?,29?/m0/s1. The number of hydrogen-bond acceptors (Lipinski definition) is 8. The second-order valence-corrected chi connectivity index (χ2v) is 13.4. The van der Waals surface area contributed by atoms with E-state index in [9.17, 15) is 32.7 Å². The van der Waals surface area contributed by atoms with Crippen molar-refractivity contribution in [3.05, 3.63) is 89.5 Å². The van der Waals surface area contributed by atoms with Gasteiger partial charge in [0.15, 0.2) is 15.6 Å². The monoisotopic (exact) mass is 618 g/mol. The van der Waals surface area contributed by atoms with Gasteiger partial charge in [-0.25, -0.2) is 8.42 Å². The summed E-state index contributed by atoms with van der Waals surface area (Å²) < 4.78 is 24.1. The van der Waals surface area contributed by atoms with E-state index in [0.29, 0.717) is 17.5 Å². The van der Waals surface area contributed by atoms with E-state index >= 15 is 0 Å². The molecule has 2 unspecified atom stereocenters. The summed E-state index contributed by atoms with van der Waals surface area (Å²) in [6, 6.07) is 16.4. The van der Waals surface area contributed by atoms with Crippen LogP contribution in [0, 0.1) is 0 Å². The Morgan fingerprint density at radius 2 is 1.66 bits per heavy atom. The first-order valence-corrected chi connectivity index (χ1v) is 16.0. The van der Waals surface area contributed by atoms with Crippen molar-refractivity contribution in [2.75, 3.05) is 38.3 Å². The van der Waals surface area contributed by atoms with Gasteiger partial charge in [-0.15, -0.1) is 0 Å². The van der Waals surface area contributed by atoms with Gasteiger partial charge < -0.3 is 25.1 Å². The third kappa shape index (κ3) is 6.30. The topological polar surface area (TPSA) is 144 Å². The van der Waals surface area contributed by atoms with Crippen LogP contribution in [0.3, 0.4) is 0 Å². The van der Waals surface area contributed by atoms with Crippen LogP contribution in [-0.4, -0.2) is 98.4 Å². The molecule has 0 bridgehead atoms. The highest BCUT2D eigenvalue weighted by molar-refractivity contribution is 7.90. The summed E-state index contributed by atoms with van der Waals surface area (Å²) in [5, 5.41) is 12.6. The fourth-order valence-electron chi connectivity index (χ4n) is 5.79. The van der Waals surface area contributed by atoms with Crippen molar-refractivity contribution in [2.45, 2.75) is 35.9 Å². The highest BCUT2D eigenvalue weighted by Gasteiger charge is 2.52. The van der Waals surface area contributed by atoms with Gasteiger partial charge in [0.1, 0.15) is 17.8 Å². The molecule has 2 saturated heterocycles. The van der Waals surface area contributed by atoms with Gasteiger partial charge in [-0.05, 0) is 66.6 Å². The molecule has 2 aliphatic heterocycles. The van der Waals surface area contributed by atoms with Gasteiger partial charge in [0.2, 0.25) is 5.91 Å². The summed E-state index contributed by atoms with van der Waals surface area (Å²) in [5.74, 6) is -1.63. The number of nitrogens with zero attached hydrogens (tertiary/aromatic N) is 3. The Bertz CT molecular complexity index is 1710. The summed E-state index contributed by atoms with van der Waals surface area (Å²) in [7, 11) is 0.225. The third-order valence-electron chi connectivity index (χ3n) is 8.10. The van der Waals surface area contributed by atoms with Crippen LogP contribution in [0.4, 0.5) is 5.69 Å². The number of amides is 3. The molecule has 0 saturated carbocycles. The summed E-state index contributed by atoms with van der Waals surface area (Å²) >= 11 is 0. The van der Waals surface area contributed by atoms with Gasteiger partial charge in [0, 0.05) is 50.1 Å². The number of carbonyl (C=O) groups excluding carboxylic acids is 4. The number of nitrogens with one attached hydrogen (secondary N) is 1. The lowest BCUT2D eigenvalue weighted by atomic mass is 10.0. The Balaban J connectivity index is 1.38. The van der Waals surface area contributed by atoms with E-state index in [1.165, 1.54) is 46.2 Å². The lowest BCUT2D eigenvalue weighted by Crippen LogP contribution is -2.53. The van der Waals surface area contributed by atoms with Crippen LogP contribution in [0.2, 0.25) is 0 Å². The van der Waals surface area contributed by atoms with Crippen LogP contribution >= 0.6 is 0 Å². The lowest BCUT2D eigenvalue weighted by molar-refractivity contribution is -0.138. The van der Waals surface area contributed by atoms with Crippen molar-refractivity contribution in [3.8, 4) is 5.75 Å². The number of sulfone groups is 1. The molecule has 5 rings (SSSR count). The molecule has 0 radical (unpaired) electrons. The number of likely N-dealkylation sites (tertiary alicyclic amines) is 2. The highest BCUT2D eigenvalue weighted by atomic mass is 32.2. The molecule has 3 amide bonds.